The van der Waals surface area contributed by atoms with Crippen LogP contribution in [0.1, 0.15) is 31.2 Å². The molecule has 0 aromatic carbocycles. The Morgan fingerprint density at radius 1 is 1.25 bits per heavy atom. The van der Waals surface area contributed by atoms with Gasteiger partial charge in [0.1, 0.15) is 0 Å². The highest BCUT2D eigenvalue weighted by atomic mass is 16.5. The molecule has 3 aliphatic rings. The zero-order valence-electron chi connectivity index (χ0n) is 14.7. The Morgan fingerprint density at radius 3 is 2.83 bits per heavy atom. The van der Waals surface area contributed by atoms with Crippen LogP contribution in [0.15, 0.2) is 12.4 Å². The first-order valence-electron chi connectivity index (χ1n) is 9.24. The van der Waals surface area contributed by atoms with Gasteiger partial charge in [0, 0.05) is 71.3 Å². The lowest BCUT2D eigenvalue weighted by atomic mass is 9.84. The third kappa shape index (κ3) is 3.82. The van der Waals surface area contributed by atoms with E-state index in [9.17, 15) is 0 Å². The fraction of sp³-hybridized carbons (Fsp3) is 0.833. The monoisotopic (exact) mass is 335 g/mol. The molecule has 1 atom stereocenters. The van der Waals surface area contributed by atoms with E-state index in [0.717, 1.165) is 71.7 Å². The molecule has 3 aliphatic heterocycles. The second kappa shape index (κ2) is 7.12. The standard InChI is InChI=1S/C18H29N3O3/c1-20-10-16(9-19-20)11-21-13-18(14-21)8-17(4-7-24-18)23-12-15-2-5-22-6-3-15/h9-10,15,17H,2-8,11-14H2,1H3/t17-/m0/s1. The first-order chi connectivity index (χ1) is 11.7. The van der Waals surface area contributed by atoms with Crippen molar-refractivity contribution >= 4 is 0 Å². The van der Waals surface area contributed by atoms with Crippen molar-refractivity contribution in [3.63, 3.8) is 0 Å². The minimum absolute atomic E-state index is 0.0286. The van der Waals surface area contributed by atoms with E-state index in [0.29, 0.717) is 12.0 Å². The second-order valence-electron chi connectivity index (χ2n) is 7.70. The van der Waals surface area contributed by atoms with Gasteiger partial charge in [0.15, 0.2) is 0 Å². The summed E-state index contributed by atoms with van der Waals surface area (Å²) in [6, 6.07) is 0. The zero-order valence-corrected chi connectivity index (χ0v) is 14.7. The Bertz CT molecular complexity index is 535. The molecule has 1 aromatic rings. The van der Waals surface area contributed by atoms with Crippen molar-refractivity contribution in [3.8, 4) is 0 Å². The second-order valence-corrected chi connectivity index (χ2v) is 7.70. The van der Waals surface area contributed by atoms with Crippen LogP contribution in [0, 0.1) is 5.92 Å². The molecule has 134 valence electrons. The summed E-state index contributed by atoms with van der Waals surface area (Å²) in [6.07, 6.45) is 8.77. The number of aryl methyl sites for hydroxylation is 1. The quantitative estimate of drug-likeness (QED) is 0.818. The van der Waals surface area contributed by atoms with Crippen LogP contribution < -0.4 is 0 Å². The van der Waals surface area contributed by atoms with Crippen LogP contribution in [0.2, 0.25) is 0 Å². The summed E-state index contributed by atoms with van der Waals surface area (Å²) >= 11 is 0. The summed E-state index contributed by atoms with van der Waals surface area (Å²) in [5, 5.41) is 4.24. The van der Waals surface area contributed by atoms with Crippen LogP contribution in [0.25, 0.3) is 0 Å². The van der Waals surface area contributed by atoms with Crippen molar-refractivity contribution in [1.29, 1.82) is 0 Å². The molecule has 1 aromatic heterocycles. The molecule has 0 unspecified atom stereocenters. The lowest BCUT2D eigenvalue weighted by Crippen LogP contribution is -2.65. The van der Waals surface area contributed by atoms with Gasteiger partial charge in [-0.1, -0.05) is 0 Å². The predicted octanol–water partition coefficient (Wildman–Crippen LogP) is 1.60. The fourth-order valence-corrected chi connectivity index (χ4v) is 4.22. The molecule has 0 N–H and O–H groups in total. The molecule has 4 rings (SSSR count). The van der Waals surface area contributed by atoms with Crippen molar-refractivity contribution in [2.24, 2.45) is 13.0 Å². The summed E-state index contributed by atoms with van der Waals surface area (Å²) in [5.41, 5.74) is 1.30. The Hall–Kier alpha value is -0.950. The van der Waals surface area contributed by atoms with E-state index >= 15 is 0 Å². The lowest BCUT2D eigenvalue weighted by molar-refractivity contribution is -0.201. The van der Waals surface area contributed by atoms with Crippen molar-refractivity contribution < 1.29 is 14.2 Å². The topological polar surface area (TPSA) is 48.8 Å². The smallest absolute Gasteiger partial charge is 0.0959 e. The van der Waals surface area contributed by atoms with Crippen molar-refractivity contribution in [2.75, 3.05) is 39.5 Å². The Kier molecular flexibility index (Phi) is 4.90. The average Bonchev–Trinajstić information content (AvgIpc) is 2.98. The molecule has 0 amide bonds. The van der Waals surface area contributed by atoms with Gasteiger partial charge < -0.3 is 14.2 Å². The molecule has 3 saturated heterocycles. The van der Waals surface area contributed by atoms with Gasteiger partial charge in [0.05, 0.1) is 17.9 Å². The van der Waals surface area contributed by atoms with Crippen molar-refractivity contribution in [3.05, 3.63) is 18.0 Å². The molecular formula is C18H29N3O3. The molecular weight excluding hydrogens is 306 g/mol. The van der Waals surface area contributed by atoms with Crippen LogP contribution in [-0.2, 0) is 27.8 Å². The maximum Gasteiger partial charge on any atom is 0.0959 e. The van der Waals surface area contributed by atoms with E-state index in [1.165, 1.54) is 5.56 Å². The Labute approximate surface area is 144 Å². The summed E-state index contributed by atoms with van der Waals surface area (Å²) in [7, 11) is 1.96. The molecule has 1 spiro atoms. The first kappa shape index (κ1) is 16.5. The molecule has 6 heteroatoms. The van der Waals surface area contributed by atoms with E-state index in [2.05, 4.69) is 16.2 Å². The van der Waals surface area contributed by atoms with Crippen LogP contribution in [0.3, 0.4) is 0 Å². The highest BCUT2D eigenvalue weighted by Crippen LogP contribution is 2.36. The third-order valence-electron chi connectivity index (χ3n) is 5.54. The number of nitrogens with zero attached hydrogens (tertiary/aromatic N) is 3. The summed E-state index contributed by atoms with van der Waals surface area (Å²) in [6.45, 7) is 6.51. The number of ether oxygens (including phenoxy) is 3. The highest BCUT2D eigenvalue weighted by Gasteiger charge is 2.47. The van der Waals surface area contributed by atoms with Crippen LogP contribution in [-0.4, -0.2) is 65.9 Å². The molecule has 0 bridgehead atoms. The largest absolute Gasteiger partial charge is 0.381 e. The molecule has 3 fully saturated rings. The van der Waals surface area contributed by atoms with E-state index in [-0.39, 0.29) is 5.60 Å². The third-order valence-corrected chi connectivity index (χ3v) is 5.54. The van der Waals surface area contributed by atoms with Crippen LogP contribution in [0.4, 0.5) is 0 Å². The van der Waals surface area contributed by atoms with Crippen molar-refractivity contribution in [2.45, 2.75) is 43.9 Å². The number of aromatic nitrogens is 2. The molecule has 4 heterocycles. The Morgan fingerprint density at radius 2 is 2.08 bits per heavy atom. The maximum absolute atomic E-state index is 6.24. The summed E-state index contributed by atoms with van der Waals surface area (Å²) in [5.74, 6) is 0.681. The van der Waals surface area contributed by atoms with E-state index in [1.54, 1.807) is 0 Å². The van der Waals surface area contributed by atoms with Gasteiger partial charge in [-0.05, 0) is 25.2 Å². The predicted molar refractivity (Wildman–Crippen MR) is 89.7 cm³/mol. The van der Waals surface area contributed by atoms with Crippen molar-refractivity contribution in [1.82, 2.24) is 14.7 Å². The fourth-order valence-electron chi connectivity index (χ4n) is 4.22. The van der Waals surface area contributed by atoms with E-state index in [1.807, 2.05) is 17.9 Å². The van der Waals surface area contributed by atoms with Gasteiger partial charge >= 0.3 is 0 Å². The minimum Gasteiger partial charge on any atom is -0.381 e. The van der Waals surface area contributed by atoms with Gasteiger partial charge in [-0.3, -0.25) is 9.58 Å². The first-order valence-corrected chi connectivity index (χ1v) is 9.24. The molecule has 0 aliphatic carbocycles. The summed E-state index contributed by atoms with van der Waals surface area (Å²) < 4.78 is 19.7. The van der Waals surface area contributed by atoms with Gasteiger partial charge in [-0.15, -0.1) is 0 Å². The lowest BCUT2D eigenvalue weighted by Gasteiger charge is -2.53. The van der Waals surface area contributed by atoms with Gasteiger partial charge in [0.25, 0.3) is 0 Å². The maximum atomic E-state index is 6.24. The summed E-state index contributed by atoms with van der Waals surface area (Å²) in [4.78, 5) is 2.44. The van der Waals surface area contributed by atoms with E-state index < -0.39 is 0 Å². The number of hydrogen-bond donors (Lipinski definition) is 0. The SMILES string of the molecule is Cn1cc(CN2CC3(C[C@@H](OCC4CCOCC4)CCO3)C2)cn1. The zero-order chi connectivity index (χ0) is 16.4. The van der Waals surface area contributed by atoms with Crippen LogP contribution in [0.5, 0.6) is 0 Å². The van der Waals surface area contributed by atoms with Gasteiger partial charge in [-0.25, -0.2) is 0 Å². The van der Waals surface area contributed by atoms with E-state index in [4.69, 9.17) is 14.2 Å². The van der Waals surface area contributed by atoms with Gasteiger partial charge in [0.2, 0.25) is 0 Å². The molecule has 24 heavy (non-hydrogen) atoms. The van der Waals surface area contributed by atoms with Gasteiger partial charge in [-0.2, -0.15) is 5.10 Å². The van der Waals surface area contributed by atoms with Crippen LogP contribution >= 0.6 is 0 Å². The highest BCUT2D eigenvalue weighted by molar-refractivity contribution is 5.08. The Balaban J connectivity index is 1.22. The number of likely N-dealkylation sites (tertiary alicyclic amines) is 1. The molecule has 6 nitrogen and oxygen atoms in total. The normalized spacial score (nSPS) is 28.1. The molecule has 0 saturated carbocycles. The molecule has 0 radical (unpaired) electrons. The number of hydrogen-bond acceptors (Lipinski definition) is 5. The number of rotatable bonds is 5. The average molecular weight is 335 g/mol. The minimum atomic E-state index is 0.0286.